The Balaban J connectivity index is 1.47. The van der Waals surface area contributed by atoms with Gasteiger partial charge in [0, 0.05) is 19.3 Å². The van der Waals surface area contributed by atoms with E-state index < -0.39 is 11.8 Å². The molecule has 36 heavy (non-hydrogen) atoms. The molecular weight excluding hydrogens is 468 g/mol. The largest absolute Gasteiger partial charge is 0.477 e. The third-order valence-corrected chi connectivity index (χ3v) is 6.49. The maximum Gasteiger partial charge on any atom is 0.341 e. The van der Waals surface area contributed by atoms with Gasteiger partial charge in [-0.3, -0.25) is 4.79 Å². The molecule has 0 spiro atoms. The van der Waals surface area contributed by atoms with E-state index in [0.717, 1.165) is 17.3 Å². The number of rotatable bonds is 5. The number of carboxylic acid groups (broad SMARTS) is 1. The molecule has 10 heteroatoms. The van der Waals surface area contributed by atoms with Crippen LogP contribution in [0.4, 0.5) is 20.3 Å². The Kier molecular flexibility index (Phi) is 6.09. The normalized spacial score (nSPS) is 14.2. The predicted octanol–water partition coefficient (Wildman–Crippen LogP) is 4.78. The number of nitrogens with zero attached hydrogens (tertiary/aromatic N) is 4. The monoisotopic (exact) mass is 491 g/mol. The van der Waals surface area contributed by atoms with Crippen molar-refractivity contribution in [2.45, 2.75) is 25.7 Å². The fraction of sp³-hybridized carbons (Fsp3) is 0.231. The minimum absolute atomic E-state index is 0.0321. The highest BCUT2D eigenvalue weighted by atomic mass is 19.1. The SMILES string of the molecule is Cc1ccc(F)c(Nc2c(C(=O)N3CCC(c4ccc(F)cc4)CC3)cnc3c(C(=O)O)cnn23)c1. The van der Waals surface area contributed by atoms with Crippen LogP contribution in [-0.2, 0) is 0 Å². The third-order valence-electron chi connectivity index (χ3n) is 6.49. The van der Waals surface area contributed by atoms with Crippen LogP contribution in [0.2, 0.25) is 0 Å². The van der Waals surface area contributed by atoms with E-state index in [9.17, 15) is 23.5 Å². The van der Waals surface area contributed by atoms with E-state index in [1.54, 1.807) is 36.1 Å². The molecule has 5 rings (SSSR count). The molecule has 1 aliphatic rings. The Morgan fingerprint density at radius 3 is 2.44 bits per heavy atom. The lowest BCUT2D eigenvalue weighted by molar-refractivity contribution is 0.0695. The number of fused-ring (bicyclic) bond motifs is 1. The second-order valence-corrected chi connectivity index (χ2v) is 8.85. The summed E-state index contributed by atoms with van der Waals surface area (Å²) >= 11 is 0. The molecule has 0 bridgehead atoms. The van der Waals surface area contributed by atoms with Gasteiger partial charge in [0.1, 0.15) is 28.6 Å². The smallest absolute Gasteiger partial charge is 0.341 e. The number of amides is 1. The van der Waals surface area contributed by atoms with Gasteiger partial charge in [0.2, 0.25) is 0 Å². The van der Waals surface area contributed by atoms with Crippen molar-refractivity contribution in [3.05, 3.63) is 88.7 Å². The van der Waals surface area contributed by atoms with Gasteiger partial charge in [-0.25, -0.2) is 18.6 Å². The number of carbonyl (C=O) groups is 2. The highest BCUT2D eigenvalue weighted by Gasteiger charge is 2.28. The highest BCUT2D eigenvalue weighted by Crippen LogP contribution is 2.31. The van der Waals surface area contributed by atoms with Gasteiger partial charge < -0.3 is 15.3 Å². The summed E-state index contributed by atoms with van der Waals surface area (Å²) in [7, 11) is 0. The summed E-state index contributed by atoms with van der Waals surface area (Å²) in [5.41, 5.74) is 1.99. The van der Waals surface area contributed by atoms with Gasteiger partial charge in [-0.05, 0) is 61.1 Å². The van der Waals surface area contributed by atoms with Crippen LogP contribution in [0.15, 0.2) is 54.9 Å². The molecule has 0 aliphatic carbocycles. The molecule has 0 atom stereocenters. The van der Waals surface area contributed by atoms with Gasteiger partial charge >= 0.3 is 5.97 Å². The molecule has 0 saturated carbocycles. The number of piperidine rings is 1. The summed E-state index contributed by atoms with van der Waals surface area (Å²) in [5, 5.41) is 16.5. The number of aryl methyl sites for hydroxylation is 1. The van der Waals surface area contributed by atoms with Crippen LogP contribution >= 0.6 is 0 Å². The zero-order valence-electron chi connectivity index (χ0n) is 19.4. The number of halogens is 2. The molecule has 8 nitrogen and oxygen atoms in total. The van der Waals surface area contributed by atoms with E-state index >= 15 is 0 Å². The van der Waals surface area contributed by atoms with Gasteiger partial charge in [0.15, 0.2) is 5.65 Å². The molecule has 0 radical (unpaired) electrons. The first kappa shape index (κ1) is 23.4. The summed E-state index contributed by atoms with van der Waals surface area (Å²) in [6.07, 6.45) is 3.85. The lowest BCUT2D eigenvalue weighted by Crippen LogP contribution is -2.38. The molecule has 3 heterocycles. The first-order valence-corrected chi connectivity index (χ1v) is 11.5. The molecule has 1 aliphatic heterocycles. The fourth-order valence-electron chi connectivity index (χ4n) is 4.54. The van der Waals surface area contributed by atoms with Crippen molar-refractivity contribution in [3.8, 4) is 0 Å². The molecule has 1 saturated heterocycles. The van der Waals surface area contributed by atoms with Crippen LogP contribution < -0.4 is 5.32 Å². The van der Waals surface area contributed by atoms with E-state index in [1.807, 2.05) is 0 Å². The quantitative estimate of drug-likeness (QED) is 0.417. The van der Waals surface area contributed by atoms with Crippen molar-refractivity contribution in [1.29, 1.82) is 0 Å². The van der Waals surface area contributed by atoms with E-state index in [2.05, 4.69) is 15.4 Å². The first-order chi connectivity index (χ1) is 17.3. The Labute approximate surface area is 205 Å². The zero-order chi connectivity index (χ0) is 25.4. The number of hydrogen-bond acceptors (Lipinski definition) is 5. The number of likely N-dealkylation sites (tertiary alicyclic amines) is 1. The van der Waals surface area contributed by atoms with E-state index in [1.165, 1.54) is 28.9 Å². The van der Waals surface area contributed by atoms with Gasteiger partial charge in [-0.2, -0.15) is 9.61 Å². The van der Waals surface area contributed by atoms with Gasteiger partial charge in [0.05, 0.1) is 11.9 Å². The van der Waals surface area contributed by atoms with E-state index in [-0.39, 0.29) is 45.9 Å². The number of carbonyl (C=O) groups excluding carboxylic acids is 1. The lowest BCUT2D eigenvalue weighted by Gasteiger charge is -2.32. The van der Waals surface area contributed by atoms with Crippen molar-refractivity contribution < 1.29 is 23.5 Å². The van der Waals surface area contributed by atoms with Gasteiger partial charge in [-0.1, -0.05) is 18.2 Å². The average molecular weight is 491 g/mol. The number of aromatic nitrogens is 3. The summed E-state index contributed by atoms with van der Waals surface area (Å²) < 4.78 is 29.1. The Morgan fingerprint density at radius 2 is 1.75 bits per heavy atom. The predicted molar refractivity (Wildman–Crippen MR) is 129 cm³/mol. The molecule has 1 amide bonds. The van der Waals surface area contributed by atoms with Crippen molar-refractivity contribution in [1.82, 2.24) is 19.5 Å². The van der Waals surface area contributed by atoms with Crippen molar-refractivity contribution in [2.75, 3.05) is 18.4 Å². The molecule has 184 valence electrons. The van der Waals surface area contributed by atoms with Crippen LogP contribution in [0.3, 0.4) is 0 Å². The number of hydrogen-bond donors (Lipinski definition) is 2. The number of benzene rings is 2. The van der Waals surface area contributed by atoms with Crippen molar-refractivity contribution in [2.24, 2.45) is 0 Å². The molecule has 2 aromatic carbocycles. The van der Waals surface area contributed by atoms with Crippen LogP contribution in [0.5, 0.6) is 0 Å². The number of aromatic carboxylic acids is 1. The van der Waals surface area contributed by atoms with Crippen LogP contribution in [0.25, 0.3) is 5.65 Å². The molecule has 0 unspecified atom stereocenters. The molecule has 4 aromatic rings. The first-order valence-electron chi connectivity index (χ1n) is 11.5. The average Bonchev–Trinajstić information content (AvgIpc) is 3.32. The number of nitrogens with one attached hydrogen (secondary N) is 1. The standard InChI is InChI=1S/C26H23F2N5O3/c1-15-2-7-21(28)22(12-15)31-24-19(13-29-23-20(26(35)36)14-30-33(23)24)25(34)32-10-8-17(9-11-32)16-3-5-18(27)6-4-16/h2-7,12-14,17,31H,8-11H2,1H3,(H,35,36). The summed E-state index contributed by atoms with van der Waals surface area (Å²) in [6, 6.07) is 10.9. The van der Waals surface area contributed by atoms with Gasteiger partial charge in [0.25, 0.3) is 5.91 Å². The molecule has 2 aromatic heterocycles. The minimum atomic E-state index is -1.22. The topological polar surface area (TPSA) is 99.8 Å². The Bertz CT molecular complexity index is 1460. The van der Waals surface area contributed by atoms with Crippen LogP contribution in [0, 0.1) is 18.6 Å². The maximum atomic E-state index is 14.6. The van der Waals surface area contributed by atoms with Crippen LogP contribution in [-0.4, -0.2) is 49.6 Å². The fourth-order valence-corrected chi connectivity index (χ4v) is 4.54. The molecular formula is C26H23F2N5O3. The maximum absolute atomic E-state index is 14.6. The number of anilines is 2. The Hall–Kier alpha value is -4.34. The van der Waals surface area contributed by atoms with E-state index in [4.69, 9.17) is 0 Å². The Morgan fingerprint density at radius 1 is 1.03 bits per heavy atom. The number of carboxylic acids is 1. The summed E-state index contributed by atoms with van der Waals surface area (Å²) in [5.74, 6) is -2.03. The van der Waals surface area contributed by atoms with E-state index in [0.29, 0.717) is 25.9 Å². The molecule has 2 N–H and O–H groups in total. The second kappa shape index (κ2) is 9.37. The lowest BCUT2D eigenvalue weighted by atomic mass is 9.89. The van der Waals surface area contributed by atoms with Gasteiger partial charge in [-0.15, -0.1) is 0 Å². The summed E-state index contributed by atoms with van der Waals surface area (Å²) in [6.45, 7) is 2.74. The minimum Gasteiger partial charge on any atom is -0.477 e. The molecule has 1 fully saturated rings. The zero-order valence-corrected chi connectivity index (χ0v) is 19.4. The third kappa shape index (κ3) is 4.37. The van der Waals surface area contributed by atoms with Crippen LogP contribution in [0.1, 0.15) is 50.6 Å². The van der Waals surface area contributed by atoms with Crippen molar-refractivity contribution in [3.63, 3.8) is 0 Å². The summed E-state index contributed by atoms with van der Waals surface area (Å²) in [4.78, 5) is 31.1. The second-order valence-electron chi connectivity index (χ2n) is 8.85. The highest BCUT2D eigenvalue weighted by molar-refractivity contribution is 6.01. The van der Waals surface area contributed by atoms with Crippen molar-refractivity contribution >= 4 is 29.0 Å².